The van der Waals surface area contributed by atoms with E-state index in [2.05, 4.69) is 28.2 Å². The molecular formula is C20H31N3O3. The number of guanidine groups is 1. The summed E-state index contributed by atoms with van der Waals surface area (Å²) < 4.78 is 16.8. The Bertz CT molecular complexity index is 627. The Labute approximate surface area is 156 Å². The highest BCUT2D eigenvalue weighted by Gasteiger charge is 2.42. The second-order valence-electron chi connectivity index (χ2n) is 7.21. The Morgan fingerprint density at radius 2 is 2.23 bits per heavy atom. The second kappa shape index (κ2) is 8.62. The van der Waals surface area contributed by atoms with Crippen LogP contribution in [-0.2, 0) is 11.3 Å². The number of likely N-dealkylation sites (tertiary alicyclic amines) is 1. The van der Waals surface area contributed by atoms with E-state index in [1.165, 1.54) is 6.42 Å². The molecular weight excluding hydrogens is 330 g/mol. The number of hydrogen-bond donors (Lipinski definition) is 1. The SMILES string of the molecule is CCCOc1ccc(CNC(=NC)N2CCC3(CCOC3)C2)cc1OC. The molecule has 1 N–H and O–H groups in total. The van der Waals surface area contributed by atoms with Gasteiger partial charge in [0.05, 0.1) is 20.3 Å². The van der Waals surface area contributed by atoms with Gasteiger partial charge in [0.15, 0.2) is 17.5 Å². The fraction of sp³-hybridized carbons (Fsp3) is 0.650. The molecule has 2 aliphatic rings. The summed E-state index contributed by atoms with van der Waals surface area (Å²) >= 11 is 0. The third kappa shape index (κ3) is 4.23. The van der Waals surface area contributed by atoms with E-state index in [-0.39, 0.29) is 0 Å². The average molecular weight is 361 g/mol. The van der Waals surface area contributed by atoms with Gasteiger partial charge in [-0.25, -0.2) is 0 Å². The molecule has 1 aromatic carbocycles. The average Bonchev–Trinajstić information content (AvgIpc) is 3.31. The minimum absolute atomic E-state index is 0.332. The molecule has 0 saturated carbocycles. The molecule has 0 aromatic heterocycles. The van der Waals surface area contributed by atoms with Crippen LogP contribution in [0.3, 0.4) is 0 Å². The van der Waals surface area contributed by atoms with Gasteiger partial charge in [0.2, 0.25) is 0 Å². The normalized spacial score (nSPS) is 22.9. The maximum atomic E-state index is 5.72. The van der Waals surface area contributed by atoms with Crippen molar-refractivity contribution in [2.24, 2.45) is 10.4 Å². The topological polar surface area (TPSA) is 55.3 Å². The molecule has 3 rings (SSSR count). The van der Waals surface area contributed by atoms with Crippen molar-refractivity contribution in [3.05, 3.63) is 23.8 Å². The monoisotopic (exact) mass is 361 g/mol. The zero-order valence-electron chi connectivity index (χ0n) is 16.2. The van der Waals surface area contributed by atoms with Crippen molar-refractivity contribution < 1.29 is 14.2 Å². The van der Waals surface area contributed by atoms with E-state index in [4.69, 9.17) is 14.2 Å². The van der Waals surface area contributed by atoms with E-state index in [9.17, 15) is 0 Å². The first kappa shape index (κ1) is 18.8. The van der Waals surface area contributed by atoms with Crippen molar-refractivity contribution in [3.8, 4) is 11.5 Å². The minimum atomic E-state index is 0.332. The summed E-state index contributed by atoms with van der Waals surface area (Å²) in [7, 11) is 3.53. The highest BCUT2D eigenvalue weighted by molar-refractivity contribution is 5.80. The Kier molecular flexibility index (Phi) is 6.25. The molecule has 0 bridgehead atoms. The van der Waals surface area contributed by atoms with Crippen molar-refractivity contribution in [1.29, 1.82) is 0 Å². The quantitative estimate of drug-likeness (QED) is 0.624. The molecule has 1 spiro atoms. The molecule has 1 unspecified atom stereocenters. The molecule has 2 aliphatic heterocycles. The Morgan fingerprint density at radius 1 is 1.35 bits per heavy atom. The summed E-state index contributed by atoms with van der Waals surface area (Å²) in [4.78, 5) is 6.83. The molecule has 6 heteroatoms. The number of nitrogens with one attached hydrogen (secondary N) is 1. The van der Waals surface area contributed by atoms with Gasteiger partial charge in [-0.1, -0.05) is 13.0 Å². The molecule has 2 heterocycles. The summed E-state index contributed by atoms with van der Waals surface area (Å²) in [6.07, 6.45) is 3.33. The van der Waals surface area contributed by atoms with Crippen LogP contribution in [0, 0.1) is 5.41 Å². The second-order valence-corrected chi connectivity index (χ2v) is 7.21. The number of ether oxygens (including phenoxy) is 3. The van der Waals surface area contributed by atoms with Crippen LogP contribution in [0.1, 0.15) is 31.7 Å². The third-order valence-corrected chi connectivity index (χ3v) is 5.27. The molecule has 0 amide bonds. The zero-order chi connectivity index (χ0) is 18.4. The number of benzene rings is 1. The van der Waals surface area contributed by atoms with Gasteiger partial charge in [-0.2, -0.15) is 0 Å². The van der Waals surface area contributed by atoms with Crippen LogP contribution >= 0.6 is 0 Å². The first-order valence-electron chi connectivity index (χ1n) is 9.53. The van der Waals surface area contributed by atoms with Crippen LogP contribution in [0.15, 0.2) is 23.2 Å². The molecule has 1 aromatic rings. The molecule has 6 nitrogen and oxygen atoms in total. The van der Waals surface area contributed by atoms with Crippen LogP contribution in [0.5, 0.6) is 11.5 Å². The highest BCUT2D eigenvalue weighted by atomic mass is 16.5. The maximum absolute atomic E-state index is 5.72. The lowest BCUT2D eigenvalue weighted by Crippen LogP contribution is -2.41. The number of rotatable bonds is 6. The molecule has 0 aliphatic carbocycles. The Morgan fingerprint density at radius 3 is 2.92 bits per heavy atom. The van der Waals surface area contributed by atoms with E-state index in [1.54, 1.807) is 7.11 Å². The van der Waals surface area contributed by atoms with E-state index < -0.39 is 0 Å². The Hall–Kier alpha value is -1.95. The third-order valence-electron chi connectivity index (χ3n) is 5.27. The summed E-state index contributed by atoms with van der Waals surface area (Å²) in [5.41, 5.74) is 1.48. The number of nitrogens with zero attached hydrogens (tertiary/aromatic N) is 2. The fourth-order valence-electron chi connectivity index (χ4n) is 3.75. The molecule has 2 saturated heterocycles. The molecule has 26 heavy (non-hydrogen) atoms. The fourth-order valence-corrected chi connectivity index (χ4v) is 3.75. The molecule has 0 radical (unpaired) electrons. The maximum Gasteiger partial charge on any atom is 0.193 e. The number of methoxy groups -OCH3 is 1. The van der Waals surface area contributed by atoms with Crippen LogP contribution in [0.25, 0.3) is 0 Å². The standard InChI is InChI=1S/C20H31N3O3/c1-4-10-26-17-6-5-16(12-18(17)24-3)13-22-19(21-2)23-9-7-20(14-23)8-11-25-15-20/h5-6,12H,4,7-11,13-15H2,1-3H3,(H,21,22). The van der Waals surface area contributed by atoms with Gasteiger partial charge in [-0.3, -0.25) is 4.99 Å². The van der Waals surface area contributed by atoms with E-state index in [1.807, 2.05) is 19.2 Å². The predicted octanol–water partition coefficient (Wildman–Crippen LogP) is 2.67. The van der Waals surface area contributed by atoms with Gasteiger partial charge >= 0.3 is 0 Å². The summed E-state index contributed by atoms with van der Waals surface area (Å²) in [5, 5.41) is 3.49. The van der Waals surface area contributed by atoms with E-state index >= 15 is 0 Å². The van der Waals surface area contributed by atoms with Crippen molar-refractivity contribution in [2.75, 3.05) is 47.1 Å². The van der Waals surface area contributed by atoms with Gasteiger partial charge in [-0.15, -0.1) is 0 Å². The largest absolute Gasteiger partial charge is 0.493 e. The van der Waals surface area contributed by atoms with Gasteiger partial charge in [0.25, 0.3) is 0 Å². The first-order valence-corrected chi connectivity index (χ1v) is 9.53. The molecule has 2 fully saturated rings. The molecule has 144 valence electrons. The van der Waals surface area contributed by atoms with Crippen LogP contribution in [0.4, 0.5) is 0 Å². The van der Waals surface area contributed by atoms with E-state index in [0.29, 0.717) is 18.6 Å². The summed E-state index contributed by atoms with van der Waals surface area (Å²) in [6.45, 7) is 7.34. The van der Waals surface area contributed by atoms with Gasteiger partial charge in [0.1, 0.15) is 0 Å². The van der Waals surface area contributed by atoms with Crippen molar-refractivity contribution in [2.45, 2.75) is 32.7 Å². The number of hydrogen-bond acceptors (Lipinski definition) is 4. The van der Waals surface area contributed by atoms with Gasteiger partial charge < -0.3 is 24.4 Å². The van der Waals surface area contributed by atoms with Crippen LogP contribution < -0.4 is 14.8 Å². The first-order chi connectivity index (χ1) is 12.7. The van der Waals surface area contributed by atoms with Crippen LogP contribution in [-0.4, -0.2) is 57.9 Å². The smallest absolute Gasteiger partial charge is 0.193 e. The summed E-state index contributed by atoms with van der Waals surface area (Å²) in [6, 6.07) is 6.08. The van der Waals surface area contributed by atoms with Crippen molar-refractivity contribution >= 4 is 5.96 Å². The van der Waals surface area contributed by atoms with Gasteiger partial charge in [0, 0.05) is 38.7 Å². The zero-order valence-corrected chi connectivity index (χ0v) is 16.2. The minimum Gasteiger partial charge on any atom is -0.493 e. The lowest BCUT2D eigenvalue weighted by atomic mass is 9.87. The summed E-state index contributed by atoms with van der Waals surface area (Å²) in [5.74, 6) is 2.53. The lowest BCUT2D eigenvalue weighted by Gasteiger charge is -2.25. The number of aliphatic imine (C=N–C) groups is 1. The Balaban J connectivity index is 1.58. The van der Waals surface area contributed by atoms with Crippen LogP contribution in [0.2, 0.25) is 0 Å². The lowest BCUT2D eigenvalue weighted by molar-refractivity contribution is 0.156. The van der Waals surface area contributed by atoms with E-state index in [0.717, 1.165) is 62.2 Å². The van der Waals surface area contributed by atoms with Crippen molar-refractivity contribution in [1.82, 2.24) is 10.2 Å². The van der Waals surface area contributed by atoms with Crippen molar-refractivity contribution in [3.63, 3.8) is 0 Å². The molecule has 1 atom stereocenters. The highest BCUT2D eigenvalue weighted by Crippen LogP contribution is 2.38. The predicted molar refractivity (Wildman–Crippen MR) is 103 cm³/mol. The van der Waals surface area contributed by atoms with Gasteiger partial charge in [-0.05, 0) is 37.0 Å².